The number of amides is 1. The number of nitrogens with zero attached hydrogens (tertiary/aromatic N) is 4. The van der Waals surface area contributed by atoms with Crippen molar-refractivity contribution in [2.24, 2.45) is 5.92 Å². The average molecular weight is 418 g/mol. The summed E-state index contributed by atoms with van der Waals surface area (Å²) in [6.07, 6.45) is 1.10. The normalized spacial score (nSPS) is 16.5. The zero-order chi connectivity index (χ0) is 20.7. The van der Waals surface area contributed by atoms with Crippen molar-refractivity contribution in [1.29, 1.82) is 0 Å². The van der Waals surface area contributed by atoms with Gasteiger partial charge in [0.25, 0.3) is 11.7 Å². The standard InChI is InChI=1S/C22H18N4O3S/c1-26-10-9-15(22(26)28)12-18-24-25-20(29-18)19(27)21-23-16-8-7-14(11-17(16)30-21)13-5-3-2-4-6-13/h2-8,11,15H,9-10,12H2,1H3. The van der Waals surface area contributed by atoms with Crippen molar-refractivity contribution in [3.05, 3.63) is 65.3 Å². The van der Waals surface area contributed by atoms with Crippen LogP contribution in [-0.4, -0.2) is 45.4 Å². The summed E-state index contributed by atoms with van der Waals surface area (Å²) in [6, 6.07) is 16.0. The first-order chi connectivity index (χ1) is 14.6. The fourth-order valence-corrected chi connectivity index (χ4v) is 4.58. The van der Waals surface area contributed by atoms with Crippen LogP contribution in [0.2, 0.25) is 0 Å². The van der Waals surface area contributed by atoms with E-state index >= 15 is 0 Å². The minimum atomic E-state index is -0.397. The number of hydrogen-bond donors (Lipinski definition) is 0. The van der Waals surface area contributed by atoms with Crippen LogP contribution in [0.25, 0.3) is 21.3 Å². The lowest BCUT2D eigenvalue weighted by atomic mass is 10.0. The molecule has 2 aromatic heterocycles. The summed E-state index contributed by atoms with van der Waals surface area (Å²) >= 11 is 1.30. The molecule has 5 rings (SSSR count). The zero-order valence-electron chi connectivity index (χ0n) is 16.2. The second-order valence-corrected chi connectivity index (χ2v) is 8.38. The summed E-state index contributed by atoms with van der Waals surface area (Å²) in [5.41, 5.74) is 2.92. The number of carbonyl (C=O) groups is 2. The van der Waals surface area contributed by atoms with Crippen molar-refractivity contribution in [2.45, 2.75) is 12.8 Å². The minimum Gasteiger partial charge on any atom is -0.418 e. The molecule has 1 amide bonds. The maximum Gasteiger partial charge on any atom is 0.291 e. The first kappa shape index (κ1) is 18.6. The second-order valence-electron chi connectivity index (χ2n) is 7.35. The Morgan fingerprint density at radius 1 is 1.17 bits per heavy atom. The lowest BCUT2D eigenvalue weighted by Crippen LogP contribution is -2.23. The van der Waals surface area contributed by atoms with E-state index in [9.17, 15) is 9.59 Å². The Bertz CT molecular complexity index is 1250. The predicted octanol–water partition coefficient (Wildman–Crippen LogP) is 3.60. The molecule has 1 saturated heterocycles. The van der Waals surface area contributed by atoms with Crippen LogP contribution >= 0.6 is 11.3 Å². The molecule has 1 atom stereocenters. The number of thiazole rings is 1. The van der Waals surface area contributed by atoms with Gasteiger partial charge in [-0.25, -0.2) is 4.98 Å². The van der Waals surface area contributed by atoms with E-state index in [2.05, 4.69) is 15.2 Å². The van der Waals surface area contributed by atoms with Gasteiger partial charge in [0, 0.05) is 25.9 Å². The SMILES string of the molecule is CN1CCC(Cc2nnc(C(=O)c3nc4ccc(-c5ccccc5)cc4s3)o2)C1=O. The molecule has 1 unspecified atom stereocenters. The van der Waals surface area contributed by atoms with Crippen LogP contribution in [-0.2, 0) is 11.2 Å². The number of carbonyl (C=O) groups excluding carboxylic acids is 2. The maximum absolute atomic E-state index is 12.8. The maximum atomic E-state index is 12.8. The number of benzene rings is 2. The van der Waals surface area contributed by atoms with Gasteiger partial charge >= 0.3 is 0 Å². The van der Waals surface area contributed by atoms with E-state index in [1.165, 1.54) is 11.3 Å². The third-order valence-electron chi connectivity index (χ3n) is 5.31. The van der Waals surface area contributed by atoms with Crippen LogP contribution in [0, 0.1) is 5.92 Å². The molecule has 2 aromatic carbocycles. The van der Waals surface area contributed by atoms with Gasteiger partial charge in [-0.1, -0.05) is 36.4 Å². The second kappa shape index (κ2) is 7.46. The summed E-state index contributed by atoms with van der Waals surface area (Å²) in [5, 5.41) is 8.16. The Balaban J connectivity index is 1.37. The first-order valence-electron chi connectivity index (χ1n) is 9.66. The van der Waals surface area contributed by atoms with E-state index < -0.39 is 5.78 Å². The zero-order valence-corrected chi connectivity index (χ0v) is 17.1. The monoisotopic (exact) mass is 418 g/mol. The minimum absolute atomic E-state index is 0.0708. The Morgan fingerprint density at radius 3 is 2.77 bits per heavy atom. The van der Waals surface area contributed by atoms with Crippen molar-refractivity contribution in [3.63, 3.8) is 0 Å². The number of likely N-dealkylation sites (tertiary alicyclic amines) is 1. The van der Waals surface area contributed by atoms with E-state index in [1.54, 1.807) is 11.9 Å². The number of hydrogen-bond acceptors (Lipinski definition) is 7. The van der Waals surface area contributed by atoms with Crippen molar-refractivity contribution in [2.75, 3.05) is 13.6 Å². The van der Waals surface area contributed by atoms with Crippen molar-refractivity contribution in [1.82, 2.24) is 20.1 Å². The van der Waals surface area contributed by atoms with Gasteiger partial charge in [0.05, 0.1) is 10.2 Å². The molecular weight excluding hydrogens is 400 g/mol. The molecule has 30 heavy (non-hydrogen) atoms. The van der Waals surface area contributed by atoms with Gasteiger partial charge < -0.3 is 9.32 Å². The quantitative estimate of drug-likeness (QED) is 0.460. The third kappa shape index (κ3) is 3.39. The third-order valence-corrected chi connectivity index (χ3v) is 6.33. The molecule has 0 saturated carbocycles. The number of rotatable bonds is 5. The van der Waals surface area contributed by atoms with Crippen LogP contribution in [0.5, 0.6) is 0 Å². The molecule has 3 heterocycles. The summed E-state index contributed by atoms with van der Waals surface area (Å²) in [4.78, 5) is 31.0. The Kier molecular flexibility index (Phi) is 4.63. The smallest absolute Gasteiger partial charge is 0.291 e. The number of aromatic nitrogens is 3. The fraction of sp³-hybridized carbons (Fsp3) is 0.227. The molecule has 4 aromatic rings. The van der Waals surface area contributed by atoms with Crippen LogP contribution in [0.15, 0.2) is 52.9 Å². The van der Waals surface area contributed by atoms with Gasteiger partial charge in [0.2, 0.25) is 11.8 Å². The Labute approximate surface area is 176 Å². The van der Waals surface area contributed by atoms with Gasteiger partial charge in [-0.05, 0) is 29.7 Å². The highest BCUT2D eigenvalue weighted by molar-refractivity contribution is 7.20. The van der Waals surface area contributed by atoms with E-state index in [-0.39, 0.29) is 17.7 Å². The highest BCUT2D eigenvalue weighted by Gasteiger charge is 2.31. The largest absolute Gasteiger partial charge is 0.418 e. The summed E-state index contributed by atoms with van der Waals surface area (Å²) in [7, 11) is 1.78. The van der Waals surface area contributed by atoms with E-state index in [0.717, 1.165) is 34.3 Å². The van der Waals surface area contributed by atoms with Gasteiger partial charge in [0.15, 0.2) is 5.01 Å². The van der Waals surface area contributed by atoms with Gasteiger partial charge in [-0.2, -0.15) is 0 Å². The summed E-state index contributed by atoms with van der Waals surface area (Å²) < 4.78 is 6.47. The molecule has 7 nitrogen and oxygen atoms in total. The van der Waals surface area contributed by atoms with Crippen molar-refractivity contribution >= 4 is 33.2 Å². The Morgan fingerprint density at radius 2 is 2.00 bits per heavy atom. The van der Waals surface area contributed by atoms with Gasteiger partial charge in [-0.15, -0.1) is 21.5 Å². The lowest BCUT2D eigenvalue weighted by Gasteiger charge is -2.07. The highest BCUT2D eigenvalue weighted by atomic mass is 32.1. The molecule has 0 bridgehead atoms. The highest BCUT2D eigenvalue weighted by Crippen LogP contribution is 2.29. The van der Waals surface area contributed by atoms with Crippen LogP contribution < -0.4 is 0 Å². The van der Waals surface area contributed by atoms with E-state index in [1.807, 2.05) is 48.5 Å². The molecule has 1 aliphatic heterocycles. The molecule has 0 N–H and O–H groups in total. The van der Waals surface area contributed by atoms with E-state index in [4.69, 9.17) is 4.42 Å². The molecule has 8 heteroatoms. The predicted molar refractivity (Wildman–Crippen MR) is 112 cm³/mol. The average Bonchev–Trinajstić information content (AvgIpc) is 3.49. The fourth-order valence-electron chi connectivity index (χ4n) is 3.65. The molecule has 150 valence electrons. The van der Waals surface area contributed by atoms with Crippen LogP contribution in [0.1, 0.15) is 28.0 Å². The van der Waals surface area contributed by atoms with E-state index in [0.29, 0.717) is 17.3 Å². The topological polar surface area (TPSA) is 89.2 Å². The first-order valence-corrected chi connectivity index (χ1v) is 10.5. The van der Waals surface area contributed by atoms with Crippen LogP contribution in [0.3, 0.4) is 0 Å². The van der Waals surface area contributed by atoms with Crippen molar-refractivity contribution in [3.8, 4) is 11.1 Å². The molecular formula is C22H18N4O3S. The molecule has 1 aliphatic rings. The summed E-state index contributed by atoms with van der Waals surface area (Å²) in [6.45, 7) is 0.722. The number of ketones is 1. The Hall–Kier alpha value is -3.39. The lowest BCUT2D eigenvalue weighted by molar-refractivity contribution is -0.129. The molecule has 1 fully saturated rings. The molecule has 0 spiro atoms. The summed E-state index contributed by atoms with van der Waals surface area (Å²) in [5.74, 6) is -0.282. The number of fused-ring (bicyclic) bond motifs is 1. The van der Waals surface area contributed by atoms with Crippen LogP contribution in [0.4, 0.5) is 0 Å². The molecule has 0 aliphatic carbocycles. The van der Waals surface area contributed by atoms with Crippen molar-refractivity contribution < 1.29 is 14.0 Å². The van der Waals surface area contributed by atoms with Gasteiger partial charge in [0.1, 0.15) is 0 Å². The van der Waals surface area contributed by atoms with Gasteiger partial charge in [-0.3, -0.25) is 9.59 Å². The molecule has 0 radical (unpaired) electrons.